The Kier molecular flexibility index (Phi) is 14.6. The van der Waals surface area contributed by atoms with Gasteiger partial charge in [-0.15, -0.1) is 0 Å². The van der Waals surface area contributed by atoms with Gasteiger partial charge in [0.1, 0.15) is 0 Å². The fourth-order valence-corrected chi connectivity index (χ4v) is 18.1. The van der Waals surface area contributed by atoms with E-state index in [0.717, 1.165) is 66.6 Å². The molecule has 2 heteroatoms. The molecule has 0 radical (unpaired) electrons. The molecular formula is C59H98O2. The van der Waals surface area contributed by atoms with Crippen LogP contribution in [-0.2, 0) is 0 Å². The first-order chi connectivity index (χ1) is 28.8. The normalized spacial score (nSPS) is 45.6. The molecule has 0 heterocycles. The number of hydrogen-bond acceptors (Lipinski definition) is 2. The number of allylic oxidation sites excluding steroid dienone is 8. The van der Waals surface area contributed by atoms with Crippen LogP contribution in [0.4, 0.5) is 0 Å². The van der Waals surface area contributed by atoms with Crippen molar-refractivity contribution in [1.29, 1.82) is 0 Å². The maximum absolute atomic E-state index is 10.5. The van der Waals surface area contributed by atoms with Crippen LogP contribution in [0.25, 0.3) is 0 Å². The van der Waals surface area contributed by atoms with E-state index in [2.05, 4.69) is 114 Å². The first-order valence-electron chi connectivity index (χ1n) is 26.9. The predicted molar refractivity (Wildman–Crippen MR) is 261 cm³/mol. The van der Waals surface area contributed by atoms with Crippen molar-refractivity contribution in [3.05, 3.63) is 46.6 Å². The van der Waals surface area contributed by atoms with Crippen molar-refractivity contribution in [2.24, 2.45) is 98.6 Å². The van der Waals surface area contributed by atoms with Crippen molar-refractivity contribution >= 4 is 0 Å². The van der Waals surface area contributed by atoms with E-state index in [1.807, 2.05) is 11.1 Å². The second-order valence-corrected chi connectivity index (χ2v) is 25.3. The monoisotopic (exact) mass is 839 g/mol. The van der Waals surface area contributed by atoms with Gasteiger partial charge in [0.2, 0.25) is 0 Å². The largest absolute Gasteiger partial charge is 0.393 e. The number of aliphatic hydroxyl groups is 2. The number of aliphatic hydroxyl groups excluding tert-OH is 2. The van der Waals surface area contributed by atoms with E-state index in [0.29, 0.717) is 51.2 Å². The van der Waals surface area contributed by atoms with E-state index in [-0.39, 0.29) is 12.2 Å². The maximum Gasteiger partial charge on any atom is 0.0568 e. The number of rotatable bonds is 10. The van der Waals surface area contributed by atoms with Gasteiger partial charge in [0, 0.05) is 0 Å². The summed E-state index contributed by atoms with van der Waals surface area (Å²) < 4.78 is 0. The molecule has 8 aliphatic carbocycles. The fraction of sp³-hybridized carbons (Fsp3) is 0.864. The molecule has 0 spiro atoms. The maximum atomic E-state index is 10.5. The van der Waals surface area contributed by atoms with E-state index in [1.165, 1.54) is 103 Å². The van der Waals surface area contributed by atoms with Gasteiger partial charge in [-0.25, -0.2) is 0 Å². The molecule has 0 bridgehead atoms. The summed E-state index contributed by atoms with van der Waals surface area (Å²) in [5.74, 6) is 9.93. The lowest BCUT2D eigenvalue weighted by Gasteiger charge is -2.59. The molecule has 2 N–H and O–H groups in total. The molecule has 346 valence electrons. The van der Waals surface area contributed by atoms with Gasteiger partial charge in [-0.2, -0.15) is 0 Å². The lowest BCUT2D eigenvalue weighted by Crippen LogP contribution is -2.52. The quantitative estimate of drug-likeness (QED) is 0.215. The highest BCUT2D eigenvalue weighted by atomic mass is 16.3. The lowest BCUT2D eigenvalue weighted by atomic mass is 9.46. The molecule has 17 atom stereocenters. The van der Waals surface area contributed by atoms with Crippen molar-refractivity contribution in [2.45, 2.75) is 224 Å². The fourth-order valence-electron chi connectivity index (χ4n) is 18.1. The highest BCUT2D eigenvalue weighted by molar-refractivity contribution is 5.29. The Hall–Kier alpha value is -1.12. The molecule has 6 saturated carbocycles. The molecule has 0 aromatic heterocycles. The van der Waals surface area contributed by atoms with Crippen molar-refractivity contribution in [3.63, 3.8) is 0 Å². The van der Waals surface area contributed by atoms with Gasteiger partial charge in [-0.1, -0.05) is 123 Å². The average Bonchev–Trinajstić information content (AvgIpc) is 3.77. The van der Waals surface area contributed by atoms with Gasteiger partial charge in [0.25, 0.3) is 0 Å². The minimum Gasteiger partial charge on any atom is -0.393 e. The van der Waals surface area contributed by atoms with Crippen LogP contribution in [-0.4, -0.2) is 22.4 Å². The summed E-state index contributed by atoms with van der Waals surface area (Å²) in [5, 5.41) is 20.8. The van der Waals surface area contributed by atoms with Gasteiger partial charge in [-0.3, -0.25) is 0 Å². The van der Waals surface area contributed by atoms with Gasteiger partial charge in [-0.05, 0) is 234 Å². The second kappa shape index (κ2) is 18.6. The minimum absolute atomic E-state index is 0.0449. The summed E-state index contributed by atoms with van der Waals surface area (Å²) in [6.45, 7) is 31.8. The molecule has 61 heavy (non-hydrogen) atoms. The molecule has 8 rings (SSSR count). The highest BCUT2D eigenvalue weighted by Crippen LogP contribution is 2.69. The molecule has 0 saturated heterocycles. The van der Waals surface area contributed by atoms with Crippen LogP contribution >= 0.6 is 0 Å². The summed E-state index contributed by atoms with van der Waals surface area (Å²) in [6.07, 6.45) is 34.7. The van der Waals surface area contributed by atoms with E-state index in [9.17, 15) is 10.2 Å². The molecule has 6 fully saturated rings. The summed E-state index contributed by atoms with van der Waals surface area (Å²) >= 11 is 0. The Morgan fingerprint density at radius 3 is 1.52 bits per heavy atom. The second-order valence-electron chi connectivity index (χ2n) is 25.3. The topological polar surface area (TPSA) is 40.5 Å². The van der Waals surface area contributed by atoms with E-state index in [1.54, 1.807) is 11.1 Å². The smallest absolute Gasteiger partial charge is 0.0568 e. The molecule has 2 nitrogen and oxygen atoms in total. The molecule has 17 unspecified atom stereocenters. The zero-order valence-electron chi connectivity index (χ0n) is 42.3. The van der Waals surface area contributed by atoms with Crippen molar-refractivity contribution < 1.29 is 10.2 Å². The van der Waals surface area contributed by atoms with Gasteiger partial charge in [0.15, 0.2) is 0 Å². The standard InChI is InChI=1S/C30H50O.C29H48O/c1-8-22(19(2)3)10-9-20(4)24-13-14-26-23-11-12-25-21(5)28(31)16-18-30(25,7)27(23)15-17-29(24,26)6;1-7-21(19(2)3)9-8-20(4)25-12-13-26-24-11-10-22-18-23(30)14-16-28(22,5)27(24)15-17-29(25,26)6/h8,11,19-21,24-28,31H,9-10,12-18H2,1-7H3;7,11,19-20,22-23,25-27,30H,8-10,12-18H2,1-6H3/b22-8-;21-7-. The summed E-state index contributed by atoms with van der Waals surface area (Å²) in [6, 6.07) is 0. The van der Waals surface area contributed by atoms with Crippen LogP contribution in [0.1, 0.15) is 212 Å². The third-order valence-corrected chi connectivity index (χ3v) is 22.2. The van der Waals surface area contributed by atoms with Crippen LogP contribution < -0.4 is 0 Å². The summed E-state index contributed by atoms with van der Waals surface area (Å²) in [5.41, 5.74) is 8.94. The highest BCUT2D eigenvalue weighted by Gasteiger charge is 2.60. The van der Waals surface area contributed by atoms with Crippen LogP contribution in [0.5, 0.6) is 0 Å². The Bertz CT molecular complexity index is 1640. The Labute approximate surface area is 378 Å². The Morgan fingerprint density at radius 1 is 0.590 bits per heavy atom. The van der Waals surface area contributed by atoms with Crippen molar-refractivity contribution in [1.82, 2.24) is 0 Å². The zero-order chi connectivity index (χ0) is 44.2. The average molecular weight is 839 g/mol. The van der Waals surface area contributed by atoms with Gasteiger partial charge < -0.3 is 10.2 Å². The predicted octanol–water partition coefficient (Wildman–Crippen LogP) is 16.1. The van der Waals surface area contributed by atoms with E-state index < -0.39 is 0 Å². The Morgan fingerprint density at radius 2 is 1.03 bits per heavy atom. The first-order valence-corrected chi connectivity index (χ1v) is 26.9. The van der Waals surface area contributed by atoms with Gasteiger partial charge >= 0.3 is 0 Å². The van der Waals surface area contributed by atoms with Crippen LogP contribution in [0, 0.1) is 98.6 Å². The third kappa shape index (κ3) is 8.59. The number of fused-ring (bicyclic) bond motifs is 10. The first kappa shape index (κ1) is 47.8. The molecule has 0 aromatic carbocycles. The lowest BCUT2D eigenvalue weighted by molar-refractivity contribution is -0.0773. The van der Waals surface area contributed by atoms with E-state index in [4.69, 9.17) is 0 Å². The Balaban J connectivity index is 0.000000184. The van der Waals surface area contributed by atoms with Crippen LogP contribution in [0.2, 0.25) is 0 Å². The summed E-state index contributed by atoms with van der Waals surface area (Å²) in [7, 11) is 0. The molecule has 0 amide bonds. The zero-order valence-corrected chi connectivity index (χ0v) is 42.3. The minimum atomic E-state index is -0.0773. The molecule has 0 aromatic rings. The van der Waals surface area contributed by atoms with Gasteiger partial charge in [0.05, 0.1) is 12.2 Å². The van der Waals surface area contributed by atoms with Crippen LogP contribution in [0.15, 0.2) is 46.6 Å². The SMILES string of the molecule is C/C=C(/CCC(C)C1CCC2C3=CCC4C(C)C(O)CCC4(C)C3CCC21C)C(C)C.C/C=C(/CCC(C)C1CCC2C3=CCC4CC(O)CCC4(C)C3CCC21C)C(C)C. The van der Waals surface area contributed by atoms with E-state index >= 15 is 0 Å². The third-order valence-electron chi connectivity index (χ3n) is 22.2. The molecular weight excluding hydrogens is 741 g/mol. The molecule has 0 aliphatic heterocycles. The van der Waals surface area contributed by atoms with Crippen molar-refractivity contribution in [3.8, 4) is 0 Å². The van der Waals surface area contributed by atoms with Crippen LogP contribution in [0.3, 0.4) is 0 Å². The molecule has 8 aliphatic rings. The summed E-state index contributed by atoms with van der Waals surface area (Å²) in [4.78, 5) is 0. The van der Waals surface area contributed by atoms with Crippen molar-refractivity contribution in [2.75, 3.05) is 0 Å². The number of hydrogen-bond donors (Lipinski definition) is 2.